The molecule has 16 heavy (non-hydrogen) atoms. The first-order valence-electron chi connectivity index (χ1n) is 5.38. The van der Waals surface area contributed by atoms with Crippen LogP contribution < -0.4 is 5.32 Å². The largest absolute Gasteiger partial charge is 0.311 e. The van der Waals surface area contributed by atoms with Gasteiger partial charge in [0, 0.05) is 12.1 Å². The molecule has 1 aliphatic rings. The monoisotopic (exact) mass is 277 g/mol. The molecule has 0 radical (unpaired) electrons. The van der Waals surface area contributed by atoms with Crippen molar-refractivity contribution in [3.8, 4) is 5.69 Å². The molecular formula is C12H12BrN3. The van der Waals surface area contributed by atoms with Crippen LogP contribution in [0.4, 0.5) is 0 Å². The lowest BCUT2D eigenvalue weighted by Crippen LogP contribution is -2.23. The van der Waals surface area contributed by atoms with Crippen molar-refractivity contribution in [1.29, 1.82) is 0 Å². The van der Waals surface area contributed by atoms with E-state index in [9.17, 15) is 0 Å². The zero-order valence-electron chi connectivity index (χ0n) is 8.78. The highest BCUT2D eigenvalue weighted by atomic mass is 79.9. The number of rotatable bonds is 1. The number of hydrogen-bond donors (Lipinski definition) is 1. The molecule has 3 nitrogen and oxygen atoms in total. The molecule has 2 heterocycles. The Bertz CT molecular complexity index is 504. The van der Waals surface area contributed by atoms with Gasteiger partial charge in [0.1, 0.15) is 4.60 Å². The van der Waals surface area contributed by atoms with E-state index in [1.165, 1.54) is 5.56 Å². The Morgan fingerprint density at radius 3 is 2.81 bits per heavy atom. The van der Waals surface area contributed by atoms with Crippen LogP contribution in [0.5, 0.6) is 0 Å². The van der Waals surface area contributed by atoms with Crippen LogP contribution in [0, 0.1) is 0 Å². The number of nitrogens with one attached hydrogen (secondary N) is 1. The Morgan fingerprint density at radius 1 is 1.25 bits per heavy atom. The first-order valence-corrected chi connectivity index (χ1v) is 6.18. The topological polar surface area (TPSA) is 29.9 Å². The van der Waals surface area contributed by atoms with E-state index in [2.05, 4.69) is 38.5 Å². The SMILES string of the molecule is Brc1c2c(nn1-c1ccccc1)CNCC2. The summed E-state index contributed by atoms with van der Waals surface area (Å²) >= 11 is 3.65. The maximum Gasteiger partial charge on any atom is 0.113 e. The van der Waals surface area contributed by atoms with Crippen LogP contribution in [0.15, 0.2) is 34.9 Å². The predicted molar refractivity (Wildman–Crippen MR) is 66.7 cm³/mol. The van der Waals surface area contributed by atoms with Crippen LogP contribution in [0.3, 0.4) is 0 Å². The average molecular weight is 278 g/mol. The van der Waals surface area contributed by atoms with Crippen molar-refractivity contribution in [2.24, 2.45) is 0 Å². The van der Waals surface area contributed by atoms with Gasteiger partial charge in [0.2, 0.25) is 0 Å². The predicted octanol–water partition coefficient (Wildman–Crippen LogP) is 2.28. The van der Waals surface area contributed by atoms with Crippen LogP contribution in [-0.4, -0.2) is 16.3 Å². The van der Waals surface area contributed by atoms with E-state index < -0.39 is 0 Å². The number of para-hydroxylation sites is 1. The second-order valence-corrected chi connectivity index (χ2v) is 4.64. The fourth-order valence-corrected chi connectivity index (χ4v) is 2.73. The van der Waals surface area contributed by atoms with Gasteiger partial charge in [-0.05, 0) is 41.0 Å². The summed E-state index contributed by atoms with van der Waals surface area (Å²) in [5, 5.41) is 7.96. The molecule has 1 aliphatic heterocycles. The lowest BCUT2D eigenvalue weighted by atomic mass is 10.1. The number of aromatic nitrogens is 2. The summed E-state index contributed by atoms with van der Waals surface area (Å²) in [6.07, 6.45) is 1.04. The van der Waals surface area contributed by atoms with Crippen LogP contribution >= 0.6 is 15.9 Å². The molecule has 1 aromatic carbocycles. The van der Waals surface area contributed by atoms with Gasteiger partial charge in [-0.25, -0.2) is 4.68 Å². The second kappa shape index (κ2) is 4.03. The van der Waals surface area contributed by atoms with E-state index in [4.69, 9.17) is 0 Å². The molecular weight excluding hydrogens is 266 g/mol. The summed E-state index contributed by atoms with van der Waals surface area (Å²) in [7, 11) is 0. The third kappa shape index (κ3) is 1.58. The summed E-state index contributed by atoms with van der Waals surface area (Å²) in [6, 6.07) is 10.2. The molecule has 0 unspecified atom stereocenters. The van der Waals surface area contributed by atoms with E-state index >= 15 is 0 Å². The zero-order valence-corrected chi connectivity index (χ0v) is 10.4. The molecule has 0 saturated carbocycles. The standard InChI is InChI=1S/C12H12BrN3/c13-12-10-6-7-14-8-11(10)15-16(12)9-4-2-1-3-5-9/h1-5,14H,6-8H2. The molecule has 3 rings (SSSR count). The smallest absolute Gasteiger partial charge is 0.113 e. The van der Waals surface area contributed by atoms with E-state index in [1.807, 2.05) is 22.9 Å². The highest BCUT2D eigenvalue weighted by Gasteiger charge is 2.18. The number of fused-ring (bicyclic) bond motifs is 1. The van der Waals surface area contributed by atoms with Gasteiger partial charge in [-0.15, -0.1) is 0 Å². The van der Waals surface area contributed by atoms with Crippen molar-refractivity contribution in [2.45, 2.75) is 13.0 Å². The number of nitrogens with zero attached hydrogens (tertiary/aromatic N) is 2. The Kier molecular flexibility index (Phi) is 2.53. The van der Waals surface area contributed by atoms with Gasteiger partial charge in [-0.3, -0.25) is 0 Å². The maximum absolute atomic E-state index is 4.63. The molecule has 1 N–H and O–H groups in total. The molecule has 82 valence electrons. The normalized spacial score (nSPS) is 14.8. The zero-order chi connectivity index (χ0) is 11.0. The summed E-state index contributed by atoms with van der Waals surface area (Å²) in [5.74, 6) is 0. The average Bonchev–Trinajstić information content (AvgIpc) is 2.69. The van der Waals surface area contributed by atoms with E-state index in [-0.39, 0.29) is 0 Å². The fourth-order valence-electron chi connectivity index (χ4n) is 2.02. The Hall–Kier alpha value is -1.13. The Labute approximate surface area is 103 Å². The van der Waals surface area contributed by atoms with Crippen molar-refractivity contribution in [1.82, 2.24) is 15.1 Å². The first-order chi connectivity index (χ1) is 7.86. The molecule has 0 amide bonds. The molecule has 0 saturated heterocycles. The maximum atomic E-state index is 4.63. The minimum absolute atomic E-state index is 0.869. The highest BCUT2D eigenvalue weighted by molar-refractivity contribution is 9.10. The first kappa shape index (κ1) is 10.1. The highest BCUT2D eigenvalue weighted by Crippen LogP contribution is 2.26. The molecule has 2 aromatic rings. The third-order valence-corrected chi connectivity index (χ3v) is 3.66. The van der Waals surface area contributed by atoms with Gasteiger partial charge < -0.3 is 5.32 Å². The summed E-state index contributed by atoms with van der Waals surface area (Å²) < 4.78 is 3.06. The van der Waals surface area contributed by atoms with Gasteiger partial charge in [0.05, 0.1) is 11.4 Å². The Balaban J connectivity index is 2.12. The lowest BCUT2D eigenvalue weighted by Gasteiger charge is -2.10. The van der Waals surface area contributed by atoms with E-state index in [0.29, 0.717) is 0 Å². The second-order valence-electron chi connectivity index (χ2n) is 3.89. The molecule has 0 bridgehead atoms. The summed E-state index contributed by atoms with van der Waals surface area (Å²) in [4.78, 5) is 0. The van der Waals surface area contributed by atoms with Crippen molar-refractivity contribution in [2.75, 3.05) is 6.54 Å². The van der Waals surface area contributed by atoms with Crippen molar-refractivity contribution in [3.63, 3.8) is 0 Å². The number of hydrogen-bond acceptors (Lipinski definition) is 2. The van der Waals surface area contributed by atoms with Gasteiger partial charge >= 0.3 is 0 Å². The lowest BCUT2D eigenvalue weighted by molar-refractivity contribution is 0.629. The van der Waals surface area contributed by atoms with Crippen molar-refractivity contribution >= 4 is 15.9 Å². The molecule has 4 heteroatoms. The van der Waals surface area contributed by atoms with Gasteiger partial charge in [-0.2, -0.15) is 5.10 Å². The summed E-state index contributed by atoms with van der Waals surface area (Å²) in [5.41, 5.74) is 3.59. The van der Waals surface area contributed by atoms with Gasteiger partial charge in [-0.1, -0.05) is 18.2 Å². The molecule has 0 spiro atoms. The van der Waals surface area contributed by atoms with Crippen LogP contribution in [0.1, 0.15) is 11.3 Å². The van der Waals surface area contributed by atoms with E-state index in [1.54, 1.807) is 0 Å². The number of halogens is 1. The Morgan fingerprint density at radius 2 is 2.06 bits per heavy atom. The molecule has 1 aromatic heterocycles. The minimum Gasteiger partial charge on any atom is -0.311 e. The minimum atomic E-state index is 0.869. The molecule has 0 aliphatic carbocycles. The van der Waals surface area contributed by atoms with E-state index in [0.717, 1.165) is 35.5 Å². The third-order valence-electron chi connectivity index (χ3n) is 2.85. The molecule has 0 fully saturated rings. The van der Waals surface area contributed by atoms with Crippen LogP contribution in [-0.2, 0) is 13.0 Å². The van der Waals surface area contributed by atoms with Crippen LogP contribution in [0.2, 0.25) is 0 Å². The quantitative estimate of drug-likeness (QED) is 0.867. The molecule has 0 atom stereocenters. The van der Waals surface area contributed by atoms with Gasteiger partial charge in [0.15, 0.2) is 0 Å². The van der Waals surface area contributed by atoms with Gasteiger partial charge in [0.25, 0.3) is 0 Å². The van der Waals surface area contributed by atoms with Crippen molar-refractivity contribution in [3.05, 3.63) is 46.2 Å². The summed E-state index contributed by atoms with van der Waals surface area (Å²) in [6.45, 7) is 1.90. The fraction of sp³-hybridized carbons (Fsp3) is 0.250. The number of benzene rings is 1. The van der Waals surface area contributed by atoms with Crippen LogP contribution in [0.25, 0.3) is 5.69 Å². The van der Waals surface area contributed by atoms with Crippen molar-refractivity contribution < 1.29 is 0 Å².